The van der Waals surface area contributed by atoms with Crippen LogP contribution in [-0.2, 0) is 9.53 Å². The van der Waals surface area contributed by atoms with Gasteiger partial charge in [-0.05, 0) is 31.3 Å². The maximum absolute atomic E-state index is 11.4. The van der Waals surface area contributed by atoms with Crippen LogP contribution in [0.4, 0.5) is 0 Å². The quantitative estimate of drug-likeness (QED) is 0.580. The first-order valence-electron chi connectivity index (χ1n) is 5.16. The van der Waals surface area contributed by atoms with Crippen LogP contribution in [0.3, 0.4) is 0 Å². The third-order valence-electron chi connectivity index (χ3n) is 2.08. The standard InChI is InChI=1S/C10H17ClO2S2/c1-10(13-9(12)4-5-11)8-14-6-2-3-7-15-10/h2-8H2,1H3. The Hall–Kier alpha value is 0.460. The first-order valence-corrected chi connectivity index (χ1v) is 7.83. The fraction of sp³-hybridized carbons (Fsp3) is 0.900. The van der Waals surface area contributed by atoms with E-state index in [1.807, 2.05) is 18.7 Å². The van der Waals surface area contributed by atoms with E-state index in [0.29, 0.717) is 12.3 Å². The van der Waals surface area contributed by atoms with Crippen molar-refractivity contribution in [3.63, 3.8) is 0 Å². The van der Waals surface area contributed by atoms with Gasteiger partial charge in [-0.1, -0.05) is 0 Å². The molecule has 2 nitrogen and oxygen atoms in total. The van der Waals surface area contributed by atoms with Crippen molar-refractivity contribution < 1.29 is 9.53 Å². The van der Waals surface area contributed by atoms with Gasteiger partial charge in [0.25, 0.3) is 0 Å². The molecule has 5 heteroatoms. The van der Waals surface area contributed by atoms with Gasteiger partial charge in [-0.15, -0.1) is 23.4 Å². The Bertz CT molecular complexity index is 204. The zero-order valence-corrected chi connectivity index (χ0v) is 11.3. The predicted molar refractivity (Wildman–Crippen MR) is 68.9 cm³/mol. The van der Waals surface area contributed by atoms with Crippen LogP contribution >= 0.6 is 35.1 Å². The van der Waals surface area contributed by atoms with E-state index in [1.165, 1.54) is 18.6 Å². The molecule has 15 heavy (non-hydrogen) atoms. The summed E-state index contributed by atoms with van der Waals surface area (Å²) < 4.78 is 5.47. The fourth-order valence-electron chi connectivity index (χ4n) is 1.32. The lowest BCUT2D eigenvalue weighted by Gasteiger charge is -2.30. The van der Waals surface area contributed by atoms with Gasteiger partial charge in [0.2, 0.25) is 0 Å². The van der Waals surface area contributed by atoms with Gasteiger partial charge in [-0.3, -0.25) is 4.79 Å². The van der Waals surface area contributed by atoms with Gasteiger partial charge >= 0.3 is 5.97 Å². The van der Waals surface area contributed by atoms with Crippen LogP contribution in [0.1, 0.15) is 26.2 Å². The first kappa shape index (κ1) is 13.5. The van der Waals surface area contributed by atoms with Crippen molar-refractivity contribution in [3.8, 4) is 0 Å². The van der Waals surface area contributed by atoms with Gasteiger partial charge in [0.15, 0.2) is 4.93 Å². The van der Waals surface area contributed by atoms with Crippen molar-refractivity contribution in [1.29, 1.82) is 0 Å². The number of hydrogen-bond donors (Lipinski definition) is 0. The number of esters is 1. The number of carbonyl (C=O) groups excluding carboxylic acids is 1. The Morgan fingerprint density at radius 1 is 1.47 bits per heavy atom. The molecule has 1 heterocycles. The largest absolute Gasteiger partial charge is 0.447 e. The van der Waals surface area contributed by atoms with E-state index in [0.717, 1.165) is 11.5 Å². The summed E-state index contributed by atoms with van der Waals surface area (Å²) in [6.07, 6.45) is 2.78. The molecule has 1 aliphatic rings. The number of rotatable bonds is 3. The normalized spacial score (nSPS) is 27.9. The second-order valence-electron chi connectivity index (χ2n) is 3.66. The molecule has 1 aliphatic heterocycles. The van der Waals surface area contributed by atoms with E-state index >= 15 is 0 Å². The summed E-state index contributed by atoms with van der Waals surface area (Å²) in [5.74, 6) is 3.29. The van der Waals surface area contributed by atoms with Gasteiger partial charge in [0.05, 0.1) is 6.42 Å². The molecule has 0 N–H and O–H groups in total. The molecule has 0 radical (unpaired) electrons. The highest BCUT2D eigenvalue weighted by molar-refractivity contribution is 8.03. The Kier molecular flexibility index (Phi) is 6.24. The molecule has 0 aromatic heterocycles. The van der Waals surface area contributed by atoms with E-state index in [9.17, 15) is 4.79 Å². The molecule has 0 aromatic rings. The van der Waals surface area contributed by atoms with Gasteiger partial charge in [-0.25, -0.2) is 0 Å². The minimum atomic E-state index is -0.353. The number of halogens is 1. The van der Waals surface area contributed by atoms with Crippen LogP contribution in [0.5, 0.6) is 0 Å². The van der Waals surface area contributed by atoms with E-state index in [1.54, 1.807) is 11.8 Å². The molecule has 88 valence electrons. The summed E-state index contributed by atoms with van der Waals surface area (Å²) in [5.41, 5.74) is 0. The van der Waals surface area contributed by atoms with Crippen molar-refractivity contribution in [2.24, 2.45) is 0 Å². The van der Waals surface area contributed by atoms with Gasteiger partial charge in [0.1, 0.15) is 0 Å². The lowest BCUT2D eigenvalue weighted by molar-refractivity contribution is -0.148. The zero-order valence-electron chi connectivity index (χ0n) is 8.96. The van der Waals surface area contributed by atoms with Gasteiger partial charge in [-0.2, -0.15) is 11.8 Å². The third kappa shape index (κ3) is 5.36. The van der Waals surface area contributed by atoms with E-state index in [4.69, 9.17) is 16.3 Å². The minimum absolute atomic E-state index is 0.179. The molecule has 1 atom stereocenters. The Morgan fingerprint density at radius 2 is 2.20 bits per heavy atom. The van der Waals surface area contributed by atoms with Crippen molar-refractivity contribution in [2.75, 3.05) is 23.1 Å². The number of alkyl halides is 1. The van der Waals surface area contributed by atoms with E-state index < -0.39 is 0 Å². The maximum atomic E-state index is 11.4. The number of ether oxygens (including phenoxy) is 1. The number of hydrogen-bond acceptors (Lipinski definition) is 4. The van der Waals surface area contributed by atoms with Crippen molar-refractivity contribution >= 4 is 41.1 Å². The molecule has 0 amide bonds. The second kappa shape index (κ2) is 6.92. The highest BCUT2D eigenvalue weighted by atomic mass is 35.5. The molecular formula is C10H17ClO2S2. The van der Waals surface area contributed by atoms with Crippen LogP contribution in [-0.4, -0.2) is 34.0 Å². The summed E-state index contributed by atoms with van der Waals surface area (Å²) in [5, 5.41) is 0. The highest BCUT2D eigenvalue weighted by Gasteiger charge is 2.29. The van der Waals surface area contributed by atoms with Crippen LogP contribution in [0.25, 0.3) is 0 Å². The Labute approximate surface area is 105 Å². The molecule has 1 rings (SSSR count). The lowest BCUT2D eigenvalue weighted by Crippen LogP contribution is -2.32. The number of carbonyl (C=O) groups is 1. The van der Waals surface area contributed by atoms with Crippen LogP contribution < -0.4 is 0 Å². The van der Waals surface area contributed by atoms with Crippen LogP contribution in [0.15, 0.2) is 0 Å². The Morgan fingerprint density at radius 3 is 2.93 bits per heavy atom. The topological polar surface area (TPSA) is 26.3 Å². The van der Waals surface area contributed by atoms with Gasteiger partial charge < -0.3 is 4.74 Å². The fourth-order valence-corrected chi connectivity index (χ4v) is 3.97. The maximum Gasteiger partial charge on any atom is 0.308 e. The number of thioether (sulfide) groups is 2. The molecular weight excluding hydrogens is 252 g/mol. The monoisotopic (exact) mass is 268 g/mol. The van der Waals surface area contributed by atoms with Crippen molar-refractivity contribution in [3.05, 3.63) is 0 Å². The lowest BCUT2D eigenvalue weighted by atomic mass is 10.4. The average Bonchev–Trinajstić information content (AvgIpc) is 2.13. The molecule has 1 saturated heterocycles. The van der Waals surface area contributed by atoms with Crippen LogP contribution in [0, 0.1) is 0 Å². The van der Waals surface area contributed by atoms with Crippen LogP contribution in [0.2, 0.25) is 0 Å². The molecule has 1 fully saturated rings. The molecule has 0 aliphatic carbocycles. The first-order chi connectivity index (χ1) is 7.16. The summed E-state index contributed by atoms with van der Waals surface area (Å²) in [7, 11) is 0. The molecule has 0 spiro atoms. The third-order valence-corrected chi connectivity index (χ3v) is 5.12. The average molecular weight is 269 g/mol. The summed E-state index contributed by atoms with van der Waals surface area (Å²) in [4.78, 5) is 11.0. The molecule has 0 saturated carbocycles. The molecule has 1 unspecified atom stereocenters. The Balaban J connectivity index is 2.42. The zero-order chi connectivity index (χ0) is 11.1. The van der Waals surface area contributed by atoms with Gasteiger partial charge in [0, 0.05) is 11.6 Å². The van der Waals surface area contributed by atoms with Crippen molar-refractivity contribution in [1.82, 2.24) is 0 Å². The minimum Gasteiger partial charge on any atom is -0.447 e. The van der Waals surface area contributed by atoms with E-state index in [2.05, 4.69) is 0 Å². The predicted octanol–water partition coefficient (Wildman–Crippen LogP) is 3.13. The SMILES string of the molecule is CC1(OC(=O)CCCl)CSCCCCS1. The second-order valence-corrected chi connectivity index (χ2v) is 6.70. The summed E-state index contributed by atoms with van der Waals surface area (Å²) in [6, 6.07) is 0. The summed E-state index contributed by atoms with van der Waals surface area (Å²) in [6.45, 7) is 2.00. The van der Waals surface area contributed by atoms with Crippen molar-refractivity contribution in [2.45, 2.75) is 31.1 Å². The highest BCUT2D eigenvalue weighted by Crippen LogP contribution is 2.34. The molecule has 0 bridgehead atoms. The summed E-state index contributed by atoms with van der Waals surface area (Å²) >= 11 is 9.12. The smallest absolute Gasteiger partial charge is 0.308 e. The molecule has 0 aromatic carbocycles. The van der Waals surface area contributed by atoms with E-state index in [-0.39, 0.29) is 10.9 Å².